The maximum Gasteiger partial charge on any atom is 0.169 e. The molecule has 3 heteroatoms. The summed E-state index contributed by atoms with van der Waals surface area (Å²) in [7, 11) is 0. The molecule has 0 saturated heterocycles. The molecule has 0 bridgehead atoms. The lowest BCUT2D eigenvalue weighted by molar-refractivity contribution is 0.102. The zero-order chi connectivity index (χ0) is 9.14. The van der Waals surface area contributed by atoms with Gasteiger partial charge in [0.25, 0.3) is 0 Å². The Labute approximate surface area is 75.9 Å². The molecule has 1 unspecified atom stereocenters. The van der Waals surface area contributed by atoms with E-state index in [2.05, 4.69) is 0 Å². The Morgan fingerprint density at radius 1 is 1.67 bits per heavy atom. The van der Waals surface area contributed by atoms with Crippen molar-refractivity contribution in [3.8, 4) is 0 Å². The van der Waals surface area contributed by atoms with Gasteiger partial charge in [-0.15, -0.1) is 11.3 Å². The first-order chi connectivity index (χ1) is 5.59. The van der Waals surface area contributed by atoms with E-state index >= 15 is 0 Å². The highest BCUT2D eigenvalue weighted by Gasteiger charge is 2.05. The summed E-state index contributed by atoms with van der Waals surface area (Å²) in [4.78, 5) is 12.7. The molecule has 1 atom stereocenters. The molecular formula is C9H12O2S. The van der Waals surface area contributed by atoms with Crippen molar-refractivity contribution in [2.24, 2.45) is 0 Å². The highest BCUT2D eigenvalue weighted by molar-refractivity contribution is 7.14. The summed E-state index contributed by atoms with van der Waals surface area (Å²) in [5.41, 5.74) is 0. The molecule has 0 aliphatic rings. The van der Waals surface area contributed by atoms with Gasteiger partial charge >= 0.3 is 0 Å². The third-order valence-corrected chi connectivity index (χ3v) is 2.71. The number of Topliss-reactive ketones (excluding diaryl/α,β-unsaturated/α-hetero) is 1. The smallest absolute Gasteiger partial charge is 0.169 e. The Bertz CT molecular complexity index is 276. The number of rotatable bonds is 3. The predicted molar refractivity (Wildman–Crippen MR) is 49.7 cm³/mol. The summed E-state index contributed by atoms with van der Waals surface area (Å²) in [5.74, 6) is 0.0943. The van der Waals surface area contributed by atoms with Gasteiger partial charge in [-0.1, -0.05) is 0 Å². The summed E-state index contributed by atoms with van der Waals surface area (Å²) < 4.78 is 0. The van der Waals surface area contributed by atoms with E-state index in [4.69, 9.17) is 5.11 Å². The van der Waals surface area contributed by atoms with Crippen LogP contribution in [0, 0.1) is 0 Å². The molecule has 0 aliphatic carbocycles. The maximum absolute atomic E-state index is 10.9. The first-order valence-electron chi connectivity index (χ1n) is 3.87. The first kappa shape index (κ1) is 9.42. The van der Waals surface area contributed by atoms with Crippen LogP contribution in [-0.2, 0) is 6.42 Å². The van der Waals surface area contributed by atoms with Gasteiger partial charge in [0.05, 0.1) is 11.0 Å². The number of hydrogen-bond donors (Lipinski definition) is 1. The van der Waals surface area contributed by atoms with E-state index < -0.39 is 0 Å². The van der Waals surface area contributed by atoms with Crippen molar-refractivity contribution in [3.05, 3.63) is 21.9 Å². The zero-order valence-corrected chi connectivity index (χ0v) is 8.02. The van der Waals surface area contributed by atoms with Crippen LogP contribution >= 0.6 is 11.3 Å². The van der Waals surface area contributed by atoms with Crippen LogP contribution in [0.5, 0.6) is 0 Å². The van der Waals surface area contributed by atoms with Gasteiger partial charge in [-0.3, -0.25) is 4.79 Å². The second-order valence-electron chi connectivity index (χ2n) is 2.88. The van der Waals surface area contributed by atoms with E-state index in [-0.39, 0.29) is 11.9 Å². The fourth-order valence-electron chi connectivity index (χ4n) is 0.968. The summed E-state index contributed by atoms with van der Waals surface area (Å²) in [6.45, 7) is 3.30. The van der Waals surface area contributed by atoms with Crippen LogP contribution in [0.15, 0.2) is 12.1 Å². The molecule has 0 aliphatic heterocycles. The van der Waals surface area contributed by atoms with Crippen LogP contribution in [0.2, 0.25) is 0 Å². The average Bonchev–Trinajstić information content (AvgIpc) is 2.34. The van der Waals surface area contributed by atoms with Gasteiger partial charge in [0.1, 0.15) is 0 Å². The van der Waals surface area contributed by atoms with Crippen LogP contribution < -0.4 is 0 Å². The van der Waals surface area contributed by atoms with Gasteiger partial charge < -0.3 is 5.11 Å². The molecular weight excluding hydrogens is 172 g/mol. The lowest BCUT2D eigenvalue weighted by atomic mass is 10.2. The lowest BCUT2D eigenvalue weighted by Gasteiger charge is -1.98. The number of carbonyl (C=O) groups is 1. The molecule has 1 rings (SSSR count). The highest BCUT2D eigenvalue weighted by Crippen LogP contribution is 2.18. The van der Waals surface area contributed by atoms with E-state index in [1.54, 1.807) is 13.8 Å². The fourth-order valence-corrected chi connectivity index (χ4v) is 1.99. The molecule has 2 nitrogen and oxygen atoms in total. The number of ketones is 1. The second-order valence-corrected chi connectivity index (χ2v) is 4.04. The van der Waals surface area contributed by atoms with Crippen LogP contribution in [0.25, 0.3) is 0 Å². The van der Waals surface area contributed by atoms with Crippen molar-refractivity contribution in [2.45, 2.75) is 26.4 Å². The van der Waals surface area contributed by atoms with E-state index in [9.17, 15) is 4.79 Å². The van der Waals surface area contributed by atoms with Crippen LogP contribution in [0.3, 0.4) is 0 Å². The van der Waals surface area contributed by atoms with Gasteiger partial charge in [0.15, 0.2) is 5.78 Å². The zero-order valence-electron chi connectivity index (χ0n) is 7.20. The third kappa shape index (κ3) is 2.43. The summed E-state index contributed by atoms with van der Waals surface area (Å²) in [6, 6.07) is 3.71. The Balaban J connectivity index is 2.71. The molecule has 1 N–H and O–H groups in total. The molecule has 66 valence electrons. The number of hydrogen-bond acceptors (Lipinski definition) is 3. The molecule has 0 fully saturated rings. The minimum Gasteiger partial charge on any atom is -0.393 e. The van der Waals surface area contributed by atoms with Gasteiger partial charge in [-0.05, 0) is 26.0 Å². The van der Waals surface area contributed by atoms with Crippen molar-refractivity contribution < 1.29 is 9.90 Å². The number of aliphatic hydroxyl groups is 1. The van der Waals surface area contributed by atoms with E-state index in [0.717, 1.165) is 9.75 Å². The van der Waals surface area contributed by atoms with Crippen molar-refractivity contribution in [3.63, 3.8) is 0 Å². The monoisotopic (exact) mass is 184 g/mol. The summed E-state index contributed by atoms with van der Waals surface area (Å²) in [5, 5.41) is 9.08. The van der Waals surface area contributed by atoms with Crippen LogP contribution in [0.4, 0.5) is 0 Å². The topological polar surface area (TPSA) is 37.3 Å². The lowest BCUT2D eigenvalue weighted by Crippen LogP contribution is -2.01. The van der Waals surface area contributed by atoms with Crippen LogP contribution in [-0.4, -0.2) is 17.0 Å². The normalized spacial score (nSPS) is 12.9. The SMILES string of the molecule is CC(=O)c1ccc(CC(C)O)s1. The predicted octanol–water partition coefficient (Wildman–Crippen LogP) is 1.87. The molecule has 0 radical (unpaired) electrons. The molecule has 0 amide bonds. The summed E-state index contributed by atoms with van der Waals surface area (Å²) in [6.07, 6.45) is 0.307. The molecule has 0 spiro atoms. The van der Waals surface area contributed by atoms with Crippen molar-refractivity contribution in [1.82, 2.24) is 0 Å². The second kappa shape index (κ2) is 3.83. The Hall–Kier alpha value is -0.670. The average molecular weight is 184 g/mol. The maximum atomic E-state index is 10.9. The molecule has 1 aromatic rings. The van der Waals surface area contributed by atoms with E-state index in [1.807, 2.05) is 12.1 Å². The van der Waals surface area contributed by atoms with Crippen molar-refractivity contribution in [2.75, 3.05) is 0 Å². The minimum atomic E-state index is -0.330. The van der Waals surface area contributed by atoms with Crippen molar-refractivity contribution in [1.29, 1.82) is 0 Å². The quantitative estimate of drug-likeness (QED) is 0.728. The molecule has 0 saturated carbocycles. The van der Waals surface area contributed by atoms with Gasteiger partial charge in [0.2, 0.25) is 0 Å². The van der Waals surface area contributed by atoms with Crippen LogP contribution in [0.1, 0.15) is 28.4 Å². The van der Waals surface area contributed by atoms with Gasteiger partial charge in [-0.2, -0.15) is 0 Å². The largest absolute Gasteiger partial charge is 0.393 e. The molecule has 1 heterocycles. The Morgan fingerprint density at radius 3 is 2.75 bits per heavy atom. The third-order valence-electron chi connectivity index (χ3n) is 1.51. The minimum absolute atomic E-state index is 0.0943. The first-order valence-corrected chi connectivity index (χ1v) is 4.69. The van der Waals surface area contributed by atoms with Crippen molar-refractivity contribution >= 4 is 17.1 Å². The molecule has 1 aromatic heterocycles. The van der Waals surface area contributed by atoms with E-state index in [0.29, 0.717) is 6.42 Å². The number of carbonyl (C=O) groups excluding carboxylic acids is 1. The Morgan fingerprint density at radius 2 is 2.33 bits per heavy atom. The number of aliphatic hydroxyl groups excluding tert-OH is 1. The number of thiophene rings is 1. The molecule has 12 heavy (non-hydrogen) atoms. The standard InChI is InChI=1S/C9H12O2S/c1-6(10)5-8-3-4-9(12-8)7(2)11/h3-4,6,10H,5H2,1-2H3. The highest BCUT2D eigenvalue weighted by atomic mass is 32.1. The van der Waals surface area contributed by atoms with Gasteiger partial charge in [-0.25, -0.2) is 0 Å². The van der Waals surface area contributed by atoms with E-state index in [1.165, 1.54) is 11.3 Å². The Kier molecular flexibility index (Phi) is 3.00. The summed E-state index contributed by atoms with van der Waals surface area (Å²) >= 11 is 1.46. The molecule has 0 aromatic carbocycles. The fraction of sp³-hybridized carbons (Fsp3) is 0.444. The van der Waals surface area contributed by atoms with Gasteiger partial charge in [0, 0.05) is 11.3 Å².